The number of aliphatic hydroxyl groups excluding tert-OH is 1. The first-order chi connectivity index (χ1) is 6.19. The summed E-state index contributed by atoms with van der Waals surface area (Å²) in [4.78, 5) is 0. The van der Waals surface area contributed by atoms with Crippen LogP contribution >= 0.6 is 0 Å². The van der Waals surface area contributed by atoms with Crippen molar-refractivity contribution in [2.45, 2.75) is 57.9 Å². The summed E-state index contributed by atoms with van der Waals surface area (Å²) in [7, 11) is 0. The van der Waals surface area contributed by atoms with Gasteiger partial charge in [-0.2, -0.15) is 0 Å². The van der Waals surface area contributed by atoms with Gasteiger partial charge in [0, 0.05) is 12.6 Å². The Hall–Kier alpha value is -0.0800. The van der Waals surface area contributed by atoms with Crippen molar-refractivity contribution < 1.29 is 5.11 Å². The second kappa shape index (κ2) is 4.97. The van der Waals surface area contributed by atoms with Gasteiger partial charge in [-0.05, 0) is 24.7 Å². The van der Waals surface area contributed by atoms with Crippen LogP contribution in [0.1, 0.15) is 51.9 Å². The maximum atomic E-state index is 8.87. The van der Waals surface area contributed by atoms with E-state index in [2.05, 4.69) is 6.92 Å². The van der Waals surface area contributed by atoms with Crippen LogP contribution < -0.4 is 5.73 Å². The van der Waals surface area contributed by atoms with Crippen molar-refractivity contribution in [2.75, 3.05) is 6.61 Å². The molecule has 1 saturated carbocycles. The summed E-state index contributed by atoms with van der Waals surface area (Å²) in [6.07, 6.45) is 8.60. The van der Waals surface area contributed by atoms with Crippen molar-refractivity contribution in [3.05, 3.63) is 0 Å². The third kappa shape index (κ3) is 2.96. The molecule has 0 amide bonds. The molecule has 78 valence electrons. The molecule has 13 heavy (non-hydrogen) atoms. The first-order valence-corrected chi connectivity index (χ1v) is 5.55. The highest BCUT2D eigenvalue weighted by Crippen LogP contribution is 2.37. The first kappa shape index (κ1) is 11.0. The Kier molecular flexibility index (Phi) is 4.20. The summed E-state index contributed by atoms with van der Waals surface area (Å²) in [5, 5.41) is 8.87. The number of hydrogen-bond donors (Lipinski definition) is 2. The Labute approximate surface area is 81.5 Å². The molecule has 1 rings (SSSR count). The molecule has 2 nitrogen and oxygen atoms in total. The van der Waals surface area contributed by atoms with Crippen LogP contribution in [0.2, 0.25) is 0 Å². The molecular weight excluding hydrogens is 162 g/mol. The molecule has 0 saturated heterocycles. The lowest BCUT2D eigenvalue weighted by Crippen LogP contribution is -2.39. The molecule has 1 unspecified atom stereocenters. The van der Waals surface area contributed by atoms with Gasteiger partial charge < -0.3 is 10.8 Å². The molecule has 0 spiro atoms. The topological polar surface area (TPSA) is 46.2 Å². The van der Waals surface area contributed by atoms with Crippen molar-refractivity contribution in [1.29, 1.82) is 0 Å². The highest BCUT2D eigenvalue weighted by Gasteiger charge is 2.31. The average molecular weight is 185 g/mol. The molecular formula is C11H23NO. The maximum absolute atomic E-state index is 8.87. The maximum Gasteiger partial charge on any atom is 0.0445 e. The van der Waals surface area contributed by atoms with Gasteiger partial charge in [0.05, 0.1) is 0 Å². The second-order valence-electron chi connectivity index (χ2n) is 4.69. The van der Waals surface area contributed by atoms with Crippen LogP contribution in [0.3, 0.4) is 0 Å². The average Bonchev–Trinajstić information content (AvgIpc) is 2.32. The summed E-state index contributed by atoms with van der Waals surface area (Å²) in [5.74, 6) is 0. The van der Waals surface area contributed by atoms with Gasteiger partial charge in [-0.25, -0.2) is 0 Å². The molecule has 1 fully saturated rings. The molecule has 3 N–H and O–H groups in total. The van der Waals surface area contributed by atoms with E-state index in [0.717, 1.165) is 6.42 Å². The molecule has 2 heteroatoms. The Bertz CT molecular complexity index is 139. The normalized spacial score (nSPS) is 25.2. The summed E-state index contributed by atoms with van der Waals surface area (Å²) in [6, 6.07) is 0.190. The lowest BCUT2D eigenvalue weighted by molar-refractivity contribution is 0.175. The highest BCUT2D eigenvalue weighted by molar-refractivity contribution is 4.86. The minimum atomic E-state index is 0.190. The largest absolute Gasteiger partial charge is 0.396 e. The predicted octanol–water partition coefficient (Wildman–Crippen LogP) is 2.06. The van der Waals surface area contributed by atoms with Gasteiger partial charge in [-0.1, -0.05) is 32.6 Å². The standard InChI is InChI=1S/C11H23NO/c1-11(10(12)6-9-13)7-4-2-3-5-8-11/h10,13H,2-9,12H2,1H3. The van der Waals surface area contributed by atoms with E-state index in [1.165, 1.54) is 38.5 Å². The lowest BCUT2D eigenvalue weighted by Gasteiger charge is -2.34. The Balaban J connectivity index is 2.49. The van der Waals surface area contributed by atoms with Gasteiger partial charge in [-0.15, -0.1) is 0 Å². The monoisotopic (exact) mass is 185 g/mol. The van der Waals surface area contributed by atoms with Crippen molar-refractivity contribution >= 4 is 0 Å². The fraction of sp³-hybridized carbons (Fsp3) is 1.00. The van der Waals surface area contributed by atoms with Gasteiger partial charge >= 0.3 is 0 Å². The molecule has 0 heterocycles. The Morgan fingerprint density at radius 2 is 1.77 bits per heavy atom. The van der Waals surface area contributed by atoms with E-state index < -0.39 is 0 Å². The minimum absolute atomic E-state index is 0.190. The molecule has 1 aliphatic rings. The van der Waals surface area contributed by atoms with E-state index in [1.54, 1.807) is 0 Å². The van der Waals surface area contributed by atoms with Gasteiger partial charge in [-0.3, -0.25) is 0 Å². The van der Waals surface area contributed by atoms with Crippen LogP contribution in [0.25, 0.3) is 0 Å². The third-order valence-electron chi connectivity index (χ3n) is 3.58. The van der Waals surface area contributed by atoms with E-state index in [0.29, 0.717) is 5.41 Å². The number of hydrogen-bond acceptors (Lipinski definition) is 2. The summed E-state index contributed by atoms with van der Waals surface area (Å²) in [5.41, 5.74) is 6.39. The number of nitrogens with two attached hydrogens (primary N) is 1. The second-order valence-corrected chi connectivity index (χ2v) is 4.69. The van der Waals surface area contributed by atoms with Crippen molar-refractivity contribution in [1.82, 2.24) is 0 Å². The molecule has 0 aliphatic heterocycles. The van der Waals surface area contributed by atoms with Crippen LogP contribution in [-0.2, 0) is 0 Å². The molecule has 0 radical (unpaired) electrons. The van der Waals surface area contributed by atoms with Gasteiger partial charge in [0.2, 0.25) is 0 Å². The number of aliphatic hydroxyl groups is 1. The highest BCUT2D eigenvalue weighted by atomic mass is 16.3. The van der Waals surface area contributed by atoms with E-state index in [4.69, 9.17) is 10.8 Å². The quantitative estimate of drug-likeness (QED) is 0.661. The molecule has 0 aromatic heterocycles. The van der Waals surface area contributed by atoms with E-state index in [1.807, 2.05) is 0 Å². The fourth-order valence-electron chi connectivity index (χ4n) is 2.39. The van der Waals surface area contributed by atoms with Crippen LogP contribution in [0.5, 0.6) is 0 Å². The summed E-state index contributed by atoms with van der Waals surface area (Å²) >= 11 is 0. The van der Waals surface area contributed by atoms with Crippen LogP contribution in [0.4, 0.5) is 0 Å². The molecule has 0 aromatic rings. The van der Waals surface area contributed by atoms with E-state index in [-0.39, 0.29) is 12.6 Å². The van der Waals surface area contributed by atoms with Crippen LogP contribution in [-0.4, -0.2) is 17.8 Å². The molecule has 1 atom stereocenters. The molecule has 1 aliphatic carbocycles. The summed E-state index contributed by atoms with van der Waals surface area (Å²) < 4.78 is 0. The molecule has 0 aromatic carbocycles. The van der Waals surface area contributed by atoms with E-state index >= 15 is 0 Å². The fourth-order valence-corrected chi connectivity index (χ4v) is 2.39. The van der Waals surface area contributed by atoms with Crippen molar-refractivity contribution in [2.24, 2.45) is 11.1 Å². The summed E-state index contributed by atoms with van der Waals surface area (Å²) in [6.45, 7) is 2.52. The Morgan fingerprint density at radius 1 is 1.23 bits per heavy atom. The lowest BCUT2D eigenvalue weighted by atomic mass is 9.75. The van der Waals surface area contributed by atoms with E-state index in [9.17, 15) is 0 Å². The zero-order valence-electron chi connectivity index (χ0n) is 8.76. The zero-order valence-corrected chi connectivity index (χ0v) is 8.76. The van der Waals surface area contributed by atoms with Crippen LogP contribution in [0.15, 0.2) is 0 Å². The third-order valence-corrected chi connectivity index (χ3v) is 3.58. The van der Waals surface area contributed by atoms with Gasteiger partial charge in [0.15, 0.2) is 0 Å². The smallest absolute Gasteiger partial charge is 0.0445 e. The van der Waals surface area contributed by atoms with Gasteiger partial charge in [0.25, 0.3) is 0 Å². The molecule has 0 bridgehead atoms. The van der Waals surface area contributed by atoms with Crippen molar-refractivity contribution in [3.63, 3.8) is 0 Å². The predicted molar refractivity (Wildman–Crippen MR) is 55.5 cm³/mol. The first-order valence-electron chi connectivity index (χ1n) is 5.55. The van der Waals surface area contributed by atoms with Gasteiger partial charge in [0.1, 0.15) is 0 Å². The number of rotatable bonds is 3. The Morgan fingerprint density at radius 3 is 2.23 bits per heavy atom. The zero-order chi connectivity index (χ0) is 9.73. The van der Waals surface area contributed by atoms with Crippen LogP contribution in [0, 0.1) is 5.41 Å². The SMILES string of the molecule is CC1(C(N)CCO)CCCCCC1. The minimum Gasteiger partial charge on any atom is -0.396 e. The van der Waals surface area contributed by atoms with Crippen molar-refractivity contribution in [3.8, 4) is 0 Å².